The van der Waals surface area contributed by atoms with E-state index in [1.807, 2.05) is 38.4 Å². The molecule has 1 aliphatic rings. The van der Waals surface area contributed by atoms with Crippen LogP contribution in [0.2, 0.25) is 0 Å². The molecule has 1 aliphatic carbocycles. The van der Waals surface area contributed by atoms with Crippen molar-refractivity contribution in [2.45, 2.75) is 24.8 Å². The highest BCUT2D eigenvalue weighted by atomic mass is 16.2. The van der Waals surface area contributed by atoms with Gasteiger partial charge in [0.1, 0.15) is 0 Å². The van der Waals surface area contributed by atoms with Crippen LogP contribution in [-0.2, 0) is 5.54 Å². The van der Waals surface area contributed by atoms with Crippen molar-refractivity contribution in [3.63, 3.8) is 0 Å². The van der Waals surface area contributed by atoms with Gasteiger partial charge in [-0.3, -0.25) is 0 Å². The zero-order valence-electron chi connectivity index (χ0n) is 12.3. The highest BCUT2D eigenvalue weighted by Gasteiger charge is 2.45. The third-order valence-corrected chi connectivity index (χ3v) is 3.63. The van der Waals surface area contributed by atoms with E-state index in [2.05, 4.69) is 15.5 Å². The number of nitrogen functional groups attached to an aromatic ring is 1. The van der Waals surface area contributed by atoms with Crippen LogP contribution in [0.25, 0.3) is 0 Å². The fourth-order valence-electron chi connectivity index (χ4n) is 2.27. The van der Waals surface area contributed by atoms with Crippen molar-refractivity contribution in [2.75, 3.05) is 32.9 Å². The number of anilines is 1. The van der Waals surface area contributed by atoms with Gasteiger partial charge in [0.05, 0.1) is 5.54 Å². The van der Waals surface area contributed by atoms with Crippen LogP contribution >= 0.6 is 0 Å². The van der Waals surface area contributed by atoms with Gasteiger partial charge >= 0.3 is 6.03 Å². The Morgan fingerprint density at radius 1 is 1.30 bits per heavy atom. The molecule has 20 heavy (non-hydrogen) atoms. The highest BCUT2D eigenvalue weighted by Crippen LogP contribution is 2.45. The molecule has 5 heteroatoms. The number of rotatable bonds is 6. The highest BCUT2D eigenvalue weighted by molar-refractivity contribution is 5.75. The average molecular weight is 276 g/mol. The maximum atomic E-state index is 11.9. The summed E-state index contributed by atoms with van der Waals surface area (Å²) in [6, 6.07) is 7.67. The summed E-state index contributed by atoms with van der Waals surface area (Å²) in [5.41, 5.74) is 7.39. The van der Waals surface area contributed by atoms with E-state index in [9.17, 15) is 4.79 Å². The first-order valence-corrected chi connectivity index (χ1v) is 7.09. The van der Waals surface area contributed by atoms with Crippen molar-refractivity contribution < 1.29 is 4.79 Å². The molecule has 0 heterocycles. The topological polar surface area (TPSA) is 70.4 Å². The second kappa shape index (κ2) is 6.13. The number of carbonyl (C=O) groups is 1. The number of amides is 2. The standard InChI is InChI=1S/C15H24N4O/c1-19(2)11-3-10-17-14(20)18-15(8-9-15)12-4-6-13(16)7-5-12/h4-7H,3,8-11,16H2,1-2H3,(H2,17,18,20). The van der Waals surface area contributed by atoms with Crippen LogP contribution in [0.4, 0.5) is 10.5 Å². The molecule has 0 aliphatic heterocycles. The molecule has 4 N–H and O–H groups in total. The van der Waals surface area contributed by atoms with Gasteiger partial charge < -0.3 is 21.3 Å². The van der Waals surface area contributed by atoms with Crippen LogP contribution in [0.1, 0.15) is 24.8 Å². The predicted molar refractivity (Wildman–Crippen MR) is 81.5 cm³/mol. The summed E-state index contributed by atoms with van der Waals surface area (Å²) in [6.07, 6.45) is 2.93. The Kier molecular flexibility index (Phi) is 4.49. The minimum absolute atomic E-state index is 0.0851. The second-order valence-corrected chi connectivity index (χ2v) is 5.74. The molecule has 2 rings (SSSR count). The van der Waals surface area contributed by atoms with Gasteiger partial charge in [0, 0.05) is 12.2 Å². The Balaban J connectivity index is 1.80. The predicted octanol–water partition coefficient (Wildman–Crippen LogP) is 1.51. The lowest BCUT2D eigenvalue weighted by atomic mass is 10.0. The van der Waals surface area contributed by atoms with Crippen molar-refractivity contribution in [2.24, 2.45) is 0 Å². The molecule has 0 unspecified atom stereocenters. The van der Waals surface area contributed by atoms with Gasteiger partial charge in [-0.25, -0.2) is 4.79 Å². The number of carbonyl (C=O) groups excluding carboxylic acids is 1. The monoisotopic (exact) mass is 276 g/mol. The van der Waals surface area contributed by atoms with E-state index in [4.69, 9.17) is 5.73 Å². The normalized spacial score (nSPS) is 15.9. The number of urea groups is 1. The van der Waals surface area contributed by atoms with E-state index in [1.54, 1.807) is 0 Å². The number of benzene rings is 1. The molecule has 1 aromatic rings. The Bertz CT molecular complexity index is 451. The molecule has 0 spiro atoms. The Labute approximate surface area is 120 Å². The van der Waals surface area contributed by atoms with Crippen molar-refractivity contribution in [3.05, 3.63) is 29.8 Å². The lowest BCUT2D eigenvalue weighted by molar-refractivity contribution is 0.235. The molecule has 110 valence electrons. The van der Waals surface area contributed by atoms with Crippen molar-refractivity contribution in [1.82, 2.24) is 15.5 Å². The van der Waals surface area contributed by atoms with Gasteiger partial charge in [0.25, 0.3) is 0 Å². The minimum Gasteiger partial charge on any atom is -0.399 e. The molecular weight excluding hydrogens is 252 g/mol. The Morgan fingerprint density at radius 2 is 1.95 bits per heavy atom. The summed E-state index contributed by atoms with van der Waals surface area (Å²) in [5.74, 6) is 0. The number of hydrogen-bond donors (Lipinski definition) is 3. The lowest BCUT2D eigenvalue weighted by Gasteiger charge is -2.19. The molecule has 2 amide bonds. The molecule has 0 atom stereocenters. The van der Waals surface area contributed by atoms with Crippen molar-refractivity contribution >= 4 is 11.7 Å². The van der Waals surface area contributed by atoms with E-state index in [1.165, 1.54) is 0 Å². The van der Waals surface area contributed by atoms with Gasteiger partial charge in [-0.2, -0.15) is 0 Å². The SMILES string of the molecule is CN(C)CCCNC(=O)NC1(c2ccc(N)cc2)CC1. The molecule has 1 fully saturated rings. The first kappa shape index (κ1) is 14.7. The summed E-state index contributed by atoms with van der Waals surface area (Å²) in [5, 5.41) is 6.00. The smallest absolute Gasteiger partial charge is 0.315 e. The van der Waals surface area contributed by atoms with E-state index in [0.29, 0.717) is 6.54 Å². The Hall–Kier alpha value is -1.75. The summed E-state index contributed by atoms with van der Waals surface area (Å²) in [7, 11) is 4.06. The van der Waals surface area contributed by atoms with Crippen LogP contribution in [0, 0.1) is 0 Å². The second-order valence-electron chi connectivity index (χ2n) is 5.74. The maximum Gasteiger partial charge on any atom is 0.315 e. The molecule has 5 nitrogen and oxygen atoms in total. The quantitative estimate of drug-likeness (QED) is 0.545. The van der Waals surface area contributed by atoms with Crippen LogP contribution in [0.5, 0.6) is 0 Å². The first-order chi connectivity index (χ1) is 9.52. The molecule has 0 radical (unpaired) electrons. The molecule has 0 saturated heterocycles. The van der Waals surface area contributed by atoms with Crippen molar-refractivity contribution in [3.8, 4) is 0 Å². The summed E-state index contributed by atoms with van der Waals surface area (Å²) >= 11 is 0. The first-order valence-electron chi connectivity index (χ1n) is 7.09. The minimum atomic E-state index is -0.181. The molecule has 0 bridgehead atoms. The number of hydrogen-bond acceptors (Lipinski definition) is 3. The van der Waals surface area contributed by atoms with Crippen LogP contribution in [0.15, 0.2) is 24.3 Å². The van der Waals surface area contributed by atoms with Gasteiger partial charge in [-0.05, 0) is 57.6 Å². The van der Waals surface area contributed by atoms with Gasteiger partial charge in [0.15, 0.2) is 0 Å². The fraction of sp³-hybridized carbons (Fsp3) is 0.533. The molecule has 1 aromatic carbocycles. The molecule has 0 aromatic heterocycles. The fourth-order valence-corrected chi connectivity index (χ4v) is 2.27. The number of nitrogens with two attached hydrogens (primary N) is 1. The molecule has 1 saturated carbocycles. The van der Waals surface area contributed by atoms with E-state index < -0.39 is 0 Å². The third kappa shape index (κ3) is 3.87. The number of nitrogens with one attached hydrogen (secondary N) is 2. The number of nitrogens with zero attached hydrogens (tertiary/aromatic N) is 1. The van der Waals surface area contributed by atoms with Crippen LogP contribution < -0.4 is 16.4 Å². The van der Waals surface area contributed by atoms with Gasteiger partial charge in [-0.1, -0.05) is 12.1 Å². The largest absolute Gasteiger partial charge is 0.399 e. The van der Waals surface area contributed by atoms with Crippen LogP contribution in [0.3, 0.4) is 0 Å². The lowest BCUT2D eigenvalue weighted by Crippen LogP contribution is -2.42. The van der Waals surface area contributed by atoms with E-state index in [0.717, 1.165) is 37.1 Å². The summed E-state index contributed by atoms with van der Waals surface area (Å²) < 4.78 is 0. The zero-order valence-corrected chi connectivity index (χ0v) is 12.3. The van der Waals surface area contributed by atoms with Crippen molar-refractivity contribution in [1.29, 1.82) is 0 Å². The van der Waals surface area contributed by atoms with Crippen LogP contribution in [-0.4, -0.2) is 38.1 Å². The van der Waals surface area contributed by atoms with E-state index in [-0.39, 0.29) is 11.6 Å². The average Bonchev–Trinajstić information content (AvgIpc) is 3.16. The molecular formula is C15H24N4O. The zero-order chi connectivity index (χ0) is 14.6. The van der Waals surface area contributed by atoms with E-state index >= 15 is 0 Å². The summed E-state index contributed by atoms with van der Waals surface area (Å²) in [4.78, 5) is 14.0. The van der Waals surface area contributed by atoms with Gasteiger partial charge in [0.2, 0.25) is 0 Å². The van der Waals surface area contributed by atoms with Gasteiger partial charge in [-0.15, -0.1) is 0 Å². The third-order valence-electron chi connectivity index (χ3n) is 3.63. The maximum absolute atomic E-state index is 11.9. The Morgan fingerprint density at radius 3 is 2.50 bits per heavy atom. The summed E-state index contributed by atoms with van der Waals surface area (Å²) in [6.45, 7) is 1.67.